The van der Waals surface area contributed by atoms with E-state index in [-0.39, 0.29) is 12.1 Å². The Morgan fingerprint density at radius 2 is 1.81 bits per heavy atom. The molecule has 0 aliphatic rings. The van der Waals surface area contributed by atoms with E-state index >= 15 is 0 Å². The topological polar surface area (TPSA) is 102 Å². The quantitative estimate of drug-likeness (QED) is 0.417. The highest BCUT2D eigenvalue weighted by molar-refractivity contribution is 5.68. The third kappa shape index (κ3) is 4.31. The monoisotopic (exact) mass is 434 g/mol. The average molecular weight is 434 g/mol. The Hall–Kier alpha value is -4.14. The molecule has 0 saturated heterocycles. The van der Waals surface area contributed by atoms with E-state index in [0.29, 0.717) is 46.6 Å². The number of rotatable bonds is 8. The van der Waals surface area contributed by atoms with Crippen molar-refractivity contribution in [1.29, 1.82) is 0 Å². The van der Waals surface area contributed by atoms with Crippen molar-refractivity contribution in [3.05, 3.63) is 70.8 Å². The van der Waals surface area contributed by atoms with Crippen molar-refractivity contribution in [2.24, 2.45) is 0 Å². The Balaban J connectivity index is 1.54. The van der Waals surface area contributed by atoms with Gasteiger partial charge in [0.05, 0.1) is 39.1 Å². The minimum Gasteiger partial charge on any atom is -0.497 e. The number of nitrogens with zero attached hydrogens (tertiary/aromatic N) is 4. The molecule has 0 amide bonds. The molecule has 4 rings (SSSR count). The highest BCUT2D eigenvalue weighted by Crippen LogP contribution is 2.36. The maximum Gasteiger partial charge on any atom is 0.266 e. The summed E-state index contributed by atoms with van der Waals surface area (Å²) in [6.07, 6.45) is 0.341. The first-order chi connectivity index (χ1) is 15.6. The van der Waals surface area contributed by atoms with Crippen molar-refractivity contribution in [2.45, 2.75) is 13.0 Å². The molecule has 0 atom stereocenters. The zero-order valence-corrected chi connectivity index (χ0v) is 17.9. The Kier molecular flexibility index (Phi) is 6.16. The second-order valence-electron chi connectivity index (χ2n) is 6.81. The summed E-state index contributed by atoms with van der Waals surface area (Å²) in [5.41, 5.74) is 1.95. The molecular weight excluding hydrogens is 412 g/mol. The van der Waals surface area contributed by atoms with Gasteiger partial charge in [0.2, 0.25) is 11.7 Å². The fourth-order valence-electron chi connectivity index (χ4n) is 3.28. The second kappa shape index (κ2) is 9.34. The third-order valence-corrected chi connectivity index (χ3v) is 4.88. The minimum absolute atomic E-state index is 0.217. The molecule has 0 fully saturated rings. The van der Waals surface area contributed by atoms with Gasteiger partial charge in [-0.3, -0.25) is 4.79 Å². The van der Waals surface area contributed by atoms with Crippen LogP contribution < -0.4 is 19.8 Å². The average Bonchev–Trinajstić information content (AvgIpc) is 3.31. The lowest BCUT2D eigenvalue weighted by molar-refractivity contribution is 0.354. The van der Waals surface area contributed by atoms with Gasteiger partial charge in [0.25, 0.3) is 5.56 Å². The molecule has 0 bridgehead atoms. The van der Waals surface area contributed by atoms with Crippen LogP contribution in [0.3, 0.4) is 0 Å². The molecule has 0 aliphatic heterocycles. The Morgan fingerprint density at radius 1 is 0.969 bits per heavy atom. The molecule has 0 unspecified atom stereocenters. The van der Waals surface area contributed by atoms with Crippen LogP contribution in [0.1, 0.15) is 5.89 Å². The van der Waals surface area contributed by atoms with E-state index < -0.39 is 0 Å². The summed E-state index contributed by atoms with van der Waals surface area (Å²) < 4.78 is 22.8. The molecule has 0 radical (unpaired) electrons. The molecule has 2 aromatic heterocycles. The minimum atomic E-state index is -0.217. The number of benzene rings is 2. The molecule has 164 valence electrons. The maximum absolute atomic E-state index is 12.3. The van der Waals surface area contributed by atoms with Gasteiger partial charge in [0, 0.05) is 18.1 Å². The van der Waals surface area contributed by atoms with Crippen LogP contribution in [-0.4, -0.2) is 41.3 Å². The van der Waals surface area contributed by atoms with E-state index in [1.807, 2.05) is 36.4 Å². The van der Waals surface area contributed by atoms with Gasteiger partial charge in [-0.15, -0.1) is 0 Å². The van der Waals surface area contributed by atoms with Gasteiger partial charge < -0.3 is 18.7 Å². The van der Waals surface area contributed by atoms with Gasteiger partial charge in [-0.1, -0.05) is 23.4 Å². The van der Waals surface area contributed by atoms with Gasteiger partial charge in [0.15, 0.2) is 11.5 Å². The summed E-state index contributed by atoms with van der Waals surface area (Å²) in [6.45, 7) is 0.285. The first-order valence-corrected chi connectivity index (χ1v) is 9.89. The number of ether oxygens (including phenoxy) is 3. The van der Waals surface area contributed by atoms with E-state index in [0.717, 1.165) is 5.56 Å². The second-order valence-corrected chi connectivity index (χ2v) is 6.81. The van der Waals surface area contributed by atoms with Gasteiger partial charge >= 0.3 is 0 Å². The van der Waals surface area contributed by atoms with Gasteiger partial charge in [0.1, 0.15) is 5.75 Å². The number of aromatic nitrogens is 4. The van der Waals surface area contributed by atoms with Crippen LogP contribution in [0.4, 0.5) is 0 Å². The predicted molar refractivity (Wildman–Crippen MR) is 117 cm³/mol. The van der Waals surface area contributed by atoms with E-state index in [4.69, 9.17) is 18.7 Å². The molecule has 9 heteroatoms. The molecule has 0 N–H and O–H groups in total. The van der Waals surface area contributed by atoms with Crippen LogP contribution in [0.25, 0.3) is 22.6 Å². The fraction of sp³-hybridized carbons (Fsp3) is 0.217. The molecule has 2 heterocycles. The Bertz CT molecular complexity index is 1280. The highest BCUT2D eigenvalue weighted by Gasteiger charge is 2.17. The summed E-state index contributed by atoms with van der Waals surface area (Å²) in [5, 5.41) is 8.52. The summed E-state index contributed by atoms with van der Waals surface area (Å²) in [4.78, 5) is 16.7. The van der Waals surface area contributed by atoms with E-state index in [9.17, 15) is 4.79 Å². The summed E-state index contributed by atoms with van der Waals surface area (Å²) >= 11 is 0. The van der Waals surface area contributed by atoms with Crippen molar-refractivity contribution in [2.75, 3.05) is 21.3 Å². The highest BCUT2D eigenvalue weighted by atomic mass is 16.5. The van der Waals surface area contributed by atoms with Crippen LogP contribution in [0, 0.1) is 0 Å². The molecule has 0 aliphatic carbocycles. The number of hydrogen-bond donors (Lipinski definition) is 0. The normalized spacial score (nSPS) is 10.7. The maximum atomic E-state index is 12.3. The molecule has 32 heavy (non-hydrogen) atoms. The van der Waals surface area contributed by atoms with Crippen LogP contribution >= 0.6 is 0 Å². The van der Waals surface area contributed by atoms with Gasteiger partial charge in [-0.05, 0) is 30.3 Å². The Morgan fingerprint density at radius 3 is 2.59 bits per heavy atom. The van der Waals surface area contributed by atoms with Crippen molar-refractivity contribution < 1.29 is 18.7 Å². The number of methoxy groups -OCH3 is 3. The predicted octanol–water partition coefficient (Wildman–Crippen LogP) is 3.23. The van der Waals surface area contributed by atoms with Crippen molar-refractivity contribution >= 4 is 0 Å². The smallest absolute Gasteiger partial charge is 0.266 e. The zero-order valence-electron chi connectivity index (χ0n) is 17.9. The molecular formula is C23H22N4O5. The lowest BCUT2D eigenvalue weighted by atomic mass is 10.1. The lowest BCUT2D eigenvalue weighted by Crippen LogP contribution is -2.23. The molecule has 0 saturated carbocycles. The molecule has 0 spiro atoms. The van der Waals surface area contributed by atoms with E-state index in [1.165, 1.54) is 10.7 Å². The van der Waals surface area contributed by atoms with E-state index in [1.54, 1.807) is 33.5 Å². The van der Waals surface area contributed by atoms with Crippen molar-refractivity contribution in [3.63, 3.8) is 0 Å². The molecule has 2 aromatic carbocycles. The fourth-order valence-corrected chi connectivity index (χ4v) is 3.28. The molecule has 4 aromatic rings. The standard InChI is InChI=1S/C23H22N4O5/c1-29-16-7-4-6-15(14-16)18-10-11-21(28)27(25-18)13-12-20-24-23(26-32-20)17-8-5-9-19(30-2)22(17)31-3/h4-11,14H,12-13H2,1-3H3. The number of para-hydroxylation sites is 1. The van der Waals surface area contributed by atoms with Crippen LogP contribution in [0.5, 0.6) is 17.2 Å². The van der Waals surface area contributed by atoms with Crippen LogP contribution in [0.15, 0.2) is 63.9 Å². The first kappa shape index (κ1) is 21.1. The van der Waals surface area contributed by atoms with Gasteiger partial charge in [-0.2, -0.15) is 10.1 Å². The lowest BCUT2D eigenvalue weighted by Gasteiger charge is -2.09. The van der Waals surface area contributed by atoms with Crippen molar-refractivity contribution in [3.8, 4) is 39.9 Å². The third-order valence-electron chi connectivity index (χ3n) is 4.88. The summed E-state index contributed by atoms with van der Waals surface area (Å²) in [6, 6.07) is 16.1. The molecule has 9 nitrogen and oxygen atoms in total. The van der Waals surface area contributed by atoms with E-state index in [2.05, 4.69) is 15.2 Å². The number of hydrogen-bond acceptors (Lipinski definition) is 8. The first-order valence-electron chi connectivity index (χ1n) is 9.89. The summed E-state index contributed by atoms with van der Waals surface area (Å²) in [7, 11) is 4.72. The van der Waals surface area contributed by atoms with Crippen LogP contribution in [-0.2, 0) is 13.0 Å². The summed E-state index contributed by atoms with van der Waals surface area (Å²) in [5.74, 6) is 2.56. The number of aryl methyl sites for hydroxylation is 2. The largest absolute Gasteiger partial charge is 0.497 e. The SMILES string of the molecule is COc1cccc(-c2ccc(=O)n(CCc3nc(-c4cccc(OC)c4OC)no3)n2)c1. The van der Waals surface area contributed by atoms with Gasteiger partial charge in [-0.25, -0.2) is 4.68 Å². The zero-order chi connectivity index (χ0) is 22.5. The Labute approximate surface area is 184 Å². The van der Waals surface area contributed by atoms with Crippen LogP contribution in [0.2, 0.25) is 0 Å². The van der Waals surface area contributed by atoms with Crippen molar-refractivity contribution in [1.82, 2.24) is 19.9 Å².